The molecule has 1 saturated heterocycles. The molecule has 0 saturated carbocycles. The summed E-state index contributed by atoms with van der Waals surface area (Å²) in [6.45, 7) is 8.74. The van der Waals surface area contributed by atoms with Crippen molar-refractivity contribution >= 4 is 5.78 Å². The number of carbonyl (C=O) groups is 1. The van der Waals surface area contributed by atoms with Crippen molar-refractivity contribution < 1.29 is 9.53 Å². The molecule has 3 heteroatoms. The Morgan fingerprint density at radius 3 is 2.74 bits per heavy atom. The van der Waals surface area contributed by atoms with Crippen molar-refractivity contribution in [1.82, 2.24) is 4.90 Å². The number of rotatable bonds is 4. The third kappa shape index (κ3) is 3.64. The van der Waals surface area contributed by atoms with Crippen molar-refractivity contribution in [3.63, 3.8) is 0 Å². The van der Waals surface area contributed by atoms with Crippen LogP contribution in [0.3, 0.4) is 0 Å². The summed E-state index contributed by atoms with van der Waals surface area (Å²) in [6.07, 6.45) is 0.259. The molecule has 104 valence electrons. The largest absolute Gasteiger partial charge is 0.376 e. The molecule has 0 radical (unpaired) electrons. The van der Waals surface area contributed by atoms with Crippen molar-refractivity contribution in [2.24, 2.45) is 5.92 Å². The molecule has 19 heavy (non-hydrogen) atoms. The maximum atomic E-state index is 12.3. The number of hydrogen-bond acceptors (Lipinski definition) is 3. The lowest BCUT2D eigenvalue weighted by atomic mass is 9.98. The summed E-state index contributed by atoms with van der Waals surface area (Å²) >= 11 is 0. The second kappa shape index (κ2) is 6.31. The van der Waals surface area contributed by atoms with E-state index in [2.05, 4.69) is 18.7 Å². The molecule has 0 N–H and O–H groups in total. The average Bonchev–Trinajstić information content (AvgIpc) is 2.43. The topological polar surface area (TPSA) is 29.5 Å². The number of carbonyl (C=O) groups excluding carboxylic acids is 1. The van der Waals surface area contributed by atoms with Crippen LogP contribution in [0.2, 0.25) is 0 Å². The summed E-state index contributed by atoms with van der Waals surface area (Å²) in [5.41, 5.74) is 0.809. The Hall–Kier alpha value is -1.19. The predicted molar refractivity (Wildman–Crippen MR) is 76.4 cm³/mol. The van der Waals surface area contributed by atoms with Gasteiger partial charge in [0.1, 0.15) is 0 Å². The SMILES string of the molecule is CC1CN(CC(C)C(=O)c2ccccc2)C(C)CO1. The minimum Gasteiger partial charge on any atom is -0.376 e. The van der Waals surface area contributed by atoms with E-state index in [4.69, 9.17) is 4.74 Å². The normalized spacial score (nSPS) is 26.1. The first kappa shape index (κ1) is 14.2. The van der Waals surface area contributed by atoms with E-state index in [1.54, 1.807) is 0 Å². The molecule has 0 aromatic heterocycles. The van der Waals surface area contributed by atoms with E-state index in [-0.39, 0.29) is 17.8 Å². The number of ether oxygens (including phenoxy) is 1. The lowest BCUT2D eigenvalue weighted by Gasteiger charge is -2.37. The third-order valence-electron chi connectivity index (χ3n) is 3.75. The van der Waals surface area contributed by atoms with Crippen LogP contribution in [-0.2, 0) is 4.74 Å². The quantitative estimate of drug-likeness (QED) is 0.780. The van der Waals surface area contributed by atoms with Gasteiger partial charge < -0.3 is 4.74 Å². The molecule has 1 aliphatic heterocycles. The van der Waals surface area contributed by atoms with Gasteiger partial charge in [0.05, 0.1) is 12.7 Å². The average molecular weight is 261 g/mol. The molecular weight excluding hydrogens is 238 g/mol. The fourth-order valence-electron chi connectivity index (χ4n) is 2.55. The summed E-state index contributed by atoms with van der Waals surface area (Å²) in [5, 5.41) is 0. The monoisotopic (exact) mass is 261 g/mol. The fourth-order valence-corrected chi connectivity index (χ4v) is 2.55. The maximum absolute atomic E-state index is 12.3. The van der Waals surface area contributed by atoms with Crippen LogP contribution < -0.4 is 0 Å². The lowest BCUT2D eigenvalue weighted by molar-refractivity contribution is -0.0523. The summed E-state index contributed by atoms with van der Waals surface area (Å²) in [5.74, 6) is 0.252. The van der Waals surface area contributed by atoms with Crippen molar-refractivity contribution in [2.75, 3.05) is 19.7 Å². The van der Waals surface area contributed by atoms with Gasteiger partial charge in [-0.25, -0.2) is 0 Å². The molecule has 0 bridgehead atoms. The number of nitrogens with zero attached hydrogens (tertiary/aromatic N) is 1. The molecule has 0 aliphatic carbocycles. The summed E-state index contributed by atoms with van der Waals surface area (Å²) < 4.78 is 5.62. The highest BCUT2D eigenvalue weighted by atomic mass is 16.5. The van der Waals surface area contributed by atoms with Gasteiger partial charge in [-0.3, -0.25) is 9.69 Å². The summed E-state index contributed by atoms with van der Waals surface area (Å²) in [4.78, 5) is 14.7. The van der Waals surface area contributed by atoms with Crippen LogP contribution in [0, 0.1) is 5.92 Å². The van der Waals surface area contributed by atoms with Gasteiger partial charge in [-0.1, -0.05) is 37.3 Å². The summed E-state index contributed by atoms with van der Waals surface area (Å²) in [6, 6.07) is 9.95. The molecule has 1 aromatic carbocycles. The maximum Gasteiger partial charge on any atom is 0.166 e. The Morgan fingerprint density at radius 2 is 2.05 bits per heavy atom. The van der Waals surface area contributed by atoms with Gasteiger partial charge in [-0.2, -0.15) is 0 Å². The van der Waals surface area contributed by atoms with E-state index in [0.29, 0.717) is 6.04 Å². The van der Waals surface area contributed by atoms with Crippen molar-refractivity contribution in [3.8, 4) is 0 Å². The zero-order valence-corrected chi connectivity index (χ0v) is 12.0. The van der Waals surface area contributed by atoms with Crippen molar-refractivity contribution in [1.29, 1.82) is 0 Å². The minimum absolute atomic E-state index is 0.0233. The molecule has 1 fully saturated rings. The number of Topliss-reactive ketones (excluding diaryl/α,β-unsaturated/α-hetero) is 1. The van der Waals surface area contributed by atoms with Crippen LogP contribution in [0.5, 0.6) is 0 Å². The van der Waals surface area contributed by atoms with E-state index in [1.807, 2.05) is 37.3 Å². The van der Waals surface area contributed by atoms with Gasteiger partial charge in [0.15, 0.2) is 5.78 Å². The number of morpholine rings is 1. The Bertz CT molecular complexity index is 418. The zero-order valence-electron chi connectivity index (χ0n) is 12.0. The molecule has 1 aromatic rings. The molecule has 3 atom stereocenters. The van der Waals surface area contributed by atoms with Gasteiger partial charge >= 0.3 is 0 Å². The third-order valence-corrected chi connectivity index (χ3v) is 3.75. The van der Waals surface area contributed by atoms with Gasteiger partial charge in [0.2, 0.25) is 0 Å². The Labute approximate surface area is 115 Å². The molecule has 0 spiro atoms. The highest BCUT2D eigenvalue weighted by Gasteiger charge is 2.26. The van der Waals surface area contributed by atoms with Crippen LogP contribution in [0.1, 0.15) is 31.1 Å². The van der Waals surface area contributed by atoms with E-state index in [0.717, 1.165) is 25.3 Å². The second-order valence-corrected chi connectivity index (χ2v) is 5.58. The standard InChI is InChI=1S/C16H23NO2/c1-12(16(18)15-7-5-4-6-8-15)9-17-10-14(3)19-11-13(17)2/h4-8,12-14H,9-11H2,1-3H3. The molecule has 2 rings (SSSR count). The van der Waals surface area contributed by atoms with Crippen LogP contribution in [0.25, 0.3) is 0 Å². The van der Waals surface area contributed by atoms with E-state index in [1.165, 1.54) is 0 Å². The smallest absolute Gasteiger partial charge is 0.166 e. The Morgan fingerprint density at radius 1 is 1.37 bits per heavy atom. The van der Waals surface area contributed by atoms with Crippen molar-refractivity contribution in [2.45, 2.75) is 32.9 Å². The van der Waals surface area contributed by atoms with Gasteiger partial charge in [0.25, 0.3) is 0 Å². The molecule has 1 heterocycles. The Kier molecular flexibility index (Phi) is 4.72. The van der Waals surface area contributed by atoms with E-state index >= 15 is 0 Å². The van der Waals surface area contributed by atoms with Gasteiger partial charge in [0, 0.05) is 30.6 Å². The molecular formula is C16H23NO2. The van der Waals surface area contributed by atoms with E-state index < -0.39 is 0 Å². The Balaban J connectivity index is 1.96. The van der Waals surface area contributed by atoms with Crippen LogP contribution in [0.15, 0.2) is 30.3 Å². The first-order valence-corrected chi connectivity index (χ1v) is 7.03. The highest BCUT2D eigenvalue weighted by Crippen LogP contribution is 2.16. The fraction of sp³-hybridized carbons (Fsp3) is 0.562. The zero-order chi connectivity index (χ0) is 13.8. The second-order valence-electron chi connectivity index (χ2n) is 5.58. The first-order valence-electron chi connectivity index (χ1n) is 7.03. The molecule has 1 aliphatic rings. The van der Waals surface area contributed by atoms with Crippen LogP contribution >= 0.6 is 0 Å². The highest BCUT2D eigenvalue weighted by molar-refractivity contribution is 5.97. The predicted octanol–water partition coefficient (Wildman–Crippen LogP) is 2.61. The minimum atomic E-state index is 0.0233. The molecule has 3 unspecified atom stereocenters. The molecule has 3 nitrogen and oxygen atoms in total. The number of benzene rings is 1. The lowest BCUT2D eigenvalue weighted by Crippen LogP contribution is -2.49. The van der Waals surface area contributed by atoms with E-state index in [9.17, 15) is 4.79 Å². The van der Waals surface area contributed by atoms with Gasteiger partial charge in [-0.05, 0) is 13.8 Å². The number of ketones is 1. The first-order chi connectivity index (χ1) is 9.08. The summed E-state index contributed by atoms with van der Waals surface area (Å²) in [7, 11) is 0. The van der Waals surface area contributed by atoms with Gasteiger partial charge in [-0.15, -0.1) is 0 Å². The van der Waals surface area contributed by atoms with Crippen LogP contribution in [0.4, 0.5) is 0 Å². The molecule has 0 amide bonds. The van der Waals surface area contributed by atoms with Crippen LogP contribution in [-0.4, -0.2) is 42.5 Å². The van der Waals surface area contributed by atoms with Crippen molar-refractivity contribution in [3.05, 3.63) is 35.9 Å². The number of hydrogen-bond donors (Lipinski definition) is 0.